The maximum atomic E-state index is 5.85. The average Bonchev–Trinajstić information content (AvgIpc) is 2.62. The number of aromatic nitrogens is 1. The van der Waals surface area contributed by atoms with Crippen molar-refractivity contribution >= 4 is 28.8 Å². The zero-order valence-corrected chi connectivity index (χ0v) is 8.27. The molecule has 2 aromatic heterocycles. The molecule has 0 aliphatic carbocycles. The molecule has 13 heavy (non-hydrogen) atoms. The van der Waals surface area contributed by atoms with Crippen molar-refractivity contribution in [3.8, 4) is 11.1 Å². The quantitative estimate of drug-likeness (QED) is 0.786. The molecule has 2 rings (SSSR count). The minimum absolute atomic E-state index is 0.376. The van der Waals surface area contributed by atoms with Crippen molar-refractivity contribution < 1.29 is 0 Å². The molecule has 0 saturated carbocycles. The molecule has 2 nitrogen and oxygen atoms in total. The minimum Gasteiger partial charge on any atom is -0.382 e. The molecular formula is C9H7ClN2S. The number of nitrogen functional groups attached to an aromatic ring is 1. The fraction of sp³-hybridized carbons (Fsp3) is 0. The van der Waals surface area contributed by atoms with Gasteiger partial charge in [0.25, 0.3) is 0 Å². The third kappa shape index (κ3) is 1.66. The van der Waals surface area contributed by atoms with Gasteiger partial charge in [0.15, 0.2) is 0 Å². The average molecular weight is 211 g/mol. The predicted molar refractivity (Wildman–Crippen MR) is 57.0 cm³/mol. The van der Waals surface area contributed by atoms with Crippen LogP contribution in [0.4, 0.5) is 5.82 Å². The van der Waals surface area contributed by atoms with Crippen LogP contribution in [0.1, 0.15) is 0 Å². The summed E-state index contributed by atoms with van der Waals surface area (Å²) in [6, 6.07) is 3.85. The van der Waals surface area contributed by atoms with E-state index in [1.165, 1.54) is 0 Å². The molecule has 0 aliphatic heterocycles. The van der Waals surface area contributed by atoms with Crippen molar-refractivity contribution in [1.82, 2.24) is 4.98 Å². The first-order valence-corrected chi connectivity index (χ1v) is 5.03. The van der Waals surface area contributed by atoms with Gasteiger partial charge in [0.05, 0.1) is 5.02 Å². The highest BCUT2D eigenvalue weighted by Crippen LogP contribution is 2.26. The molecule has 0 radical (unpaired) electrons. The Bertz CT molecular complexity index is 412. The van der Waals surface area contributed by atoms with Gasteiger partial charge in [-0.15, -0.1) is 0 Å². The summed E-state index contributed by atoms with van der Waals surface area (Å²) in [5.74, 6) is 0.376. The Kier molecular flexibility index (Phi) is 2.20. The van der Waals surface area contributed by atoms with E-state index >= 15 is 0 Å². The summed E-state index contributed by atoms with van der Waals surface area (Å²) < 4.78 is 0. The standard InChI is InChI=1S/C9H7ClN2S/c10-8-3-7(4-12-9(8)11)6-1-2-13-5-6/h1-5H,(H2,11,12). The number of pyridine rings is 1. The minimum atomic E-state index is 0.376. The first-order valence-electron chi connectivity index (χ1n) is 3.71. The molecule has 0 atom stereocenters. The Morgan fingerprint density at radius 1 is 1.38 bits per heavy atom. The van der Waals surface area contributed by atoms with E-state index in [0.29, 0.717) is 10.8 Å². The molecule has 2 heterocycles. The van der Waals surface area contributed by atoms with Crippen molar-refractivity contribution in [2.45, 2.75) is 0 Å². The zero-order chi connectivity index (χ0) is 9.26. The molecule has 0 fully saturated rings. The van der Waals surface area contributed by atoms with Crippen LogP contribution in [0.2, 0.25) is 5.02 Å². The first kappa shape index (κ1) is 8.53. The lowest BCUT2D eigenvalue weighted by Crippen LogP contribution is -1.90. The molecule has 2 N–H and O–H groups in total. The number of rotatable bonds is 1. The summed E-state index contributed by atoms with van der Waals surface area (Å²) in [6.45, 7) is 0. The topological polar surface area (TPSA) is 38.9 Å². The molecule has 0 bridgehead atoms. The largest absolute Gasteiger partial charge is 0.382 e. The van der Waals surface area contributed by atoms with Gasteiger partial charge < -0.3 is 5.73 Å². The second-order valence-corrected chi connectivity index (χ2v) is 3.79. The van der Waals surface area contributed by atoms with Crippen molar-refractivity contribution in [2.24, 2.45) is 0 Å². The van der Waals surface area contributed by atoms with E-state index in [-0.39, 0.29) is 0 Å². The Balaban J connectivity index is 2.49. The van der Waals surface area contributed by atoms with Gasteiger partial charge in [-0.05, 0) is 28.5 Å². The number of anilines is 1. The number of thiophene rings is 1. The molecule has 0 aliphatic rings. The summed E-state index contributed by atoms with van der Waals surface area (Å²) in [7, 11) is 0. The second-order valence-electron chi connectivity index (χ2n) is 2.60. The van der Waals surface area contributed by atoms with Crippen LogP contribution in [-0.4, -0.2) is 4.98 Å². The highest BCUT2D eigenvalue weighted by atomic mass is 35.5. The SMILES string of the molecule is Nc1ncc(-c2ccsc2)cc1Cl. The third-order valence-corrected chi connectivity index (χ3v) is 2.71. The van der Waals surface area contributed by atoms with Gasteiger partial charge in [0.2, 0.25) is 0 Å². The fourth-order valence-electron chi connectivity index (χ4n) is 1.04. The normalized spacial score (nSPS) is 10.2. The van der Waals surface area contributed by atoms with Crippen molar-refractivity contribution in [2.75, 3.05) is 5.73 Å². The van der Waals surface area contributed by atoms with Gasteiger partial charge in [-0.3, -0.25) is 0 Å². The lowest BCUT2D eigenvalue weighted by atomic mass is 10.1. The van der Waals surface area contributed by atoms with E-state index < -0.39 is 0 Å². The van der Waals surface area contributed by atoms with Crippen LogP contribution < -0.4 is 5.73 Å². The fourth-order valence-corrected chi connectivity index (χ4v) is 1.87. The number of hydrogen-bond acceptors (Lipinski definition) is 3. The summed E-state index contributed by atoms with van der Waals surface area (Å²) in [4.78, 5) is 3.99. The lowest BCUT2D eigenvalue weighted by Gasteiger charge is -1.99. The van der Waals surface area contributed by atoms with E-state index in [1.807, 2.05) is 22.9 Å². The maximum Gasteiger partial charge on any atom is 0.142 e. The Hall–Kier alpha value is -1.06. The Morgan fingerprint density at radius 2 is 2.23 bits per heavy atom. The molecular weight excluding hydrogens is 204 g/mol. The van der Waals surface area contributed by atoms with Gasteiger partial charge in [-0.2, -0.15) is 11.3 Å². The zero-order valence-electron chi connectivity index (χ0n) is 6.70. The van der Waals surface area contributed by atoms with Crippen molar-refractivity contribution in [3.63, 3.8) is 0 Å². The molecule has 0 aromatic carbocycles. The van der Waals surface area contributed by atoms with Gasteiger partial charge in [0, 0.05) is 11.8 Å². The molecule has 0 amide bonds. The predicted octanol–water partition coefficient (Wildman–Crippen LogP) is 3.05. The Morgan fingerprint density at radius 3 is 2.85 bits per heavy atom. The highest BCUT2D eigenvalue weighted by Gasteiger charge is 2.01. The molecule has 0 spiro atoms. The number of hydrogen-bond donors (Lipinski definition) is 1. The molecule has 4 heteroatoms. The highest BCUT2D eigenvalue weighted by molar-refractivity contribution is 7.08. The van der Waals surface area contributed by atoms with Crippen LogP contribution in [-0.2, 0) is 0 Å². The monoisotopic (exact) mass is 210 g/mol. The Labute approximate surface area is 85.0 Å². The smallest absolute Gasteiger partial charge is 0.142 e. The second kappa shape index (κ2) is 3.36. The van der Waals surface area contributed by atoms with Crippen LogP contribution in [0.5, 0.6) is 0 Å². The molecule has 0 unspecified atom stereocenters. The summed E-state index contributed by atoms with van der Waals surface area (Å²) in [5, 5.41) is 4.56. The van der Waals surface area contributed by atoms with E-state index in [2.05, 4.69) is 4.98 Å². The summed E-state index contributed by atoms with van der Waals surface area (Å²) in [5.41, 5.74) is 7.63. The number of nitrogens with zero attached hydrogens (tertiary/aromatic N) is 1. The van der Waals surface area contributed by atoms with Crippen LogP contribution in [0.25, 0.3) is 11.1 Å². The third-order valence-electron chi connectivity index (χ3n) is 1.72. The first-order chi connectivity index (χ1) is 6.27. The van der Waals surface area contributed by atoms with Crippen LogP contribution >= 0.6 is 22.9 Å². The number of halogens is 1. The van der Waals surface area contributed by atoms with Crippen molar-refractivity contribution in [1.29, 1.82) is 0 Å². The van der Waals surface area contributed by atoms with E-state index in [9.17, 15) is 0 Å². The lowest BCUT2D eigenvalue weighted by molar-refractivity contribution is 1.34. The van der Waals surface area contributed by atoms with E-state index in [4.69, 9.17) is 17.3 Å². The van der Waals surface area contributed by atoms with Crippen LogP contribution in [0.15, 0.2) is 29.1 Å². The summed E-state index contributed by atoms with van der Waals surface area (Å²) >= 11 is 7.49. The molecule has 0 saturated heterocycles. The van der Waals surface area contributed by atoms with Crippen LogP contribution in [0.3, 0.4) is 0 Å². The van der Waals surface area contributed by atoms with E-state index in [0.717, 1.165) is 11.1 Å². The number of nitrogens with two attached hydrogens (primary N) is 1. The molecule has 2 aromatic rings. The van der Waals surface area contributed by atoms with Crippen LogP contribution in [0, 0.1) is 0 Å². The van der Waals surface area contributed by atoms with Gasteiger partial charge in [-0.1, -0.05) is 11.6 Å². The van der Waals surface area contributed by atoms with Gasteiger partial charge in [0.1, 0.15) is 5.82 Å². The molecule has 66 valence electrons. The van der Waals surface area contributed by atoms with Crippen molar-refractivity contribution in [3.05, 3.63) is 34.1 Å². The van der Waals surface area contributed by atoms with E-state index in [1.54, 1.807) is 17.5 Å². The van der Waals surface area contributed by atoms with Gasteiger partial charge >= 0.3 is 0 Å². The van der Waals surface area contributed by atoms with Gasteiger partial charge in [-0.25, -0.2) is 4.98 Å². The summed E-state index contributed by atoms with van der Waals surface area (Å²) in [6.07, 6.45) is 1.73. The maximum absolute atomic E-state index is 5.85.